The van der Waals surface area contributed by atoms with Crippen LogP contribution in [0.1, 0.15) is 18.4 Å². The maximum Gasteiger partial charge on any atom is 0.0681 e. The summed E-state index contributed by atoms with van der Waals surface area (Å²) in [6.07, 6.45) is 2.62. The first-order valence-corrected chi connectivity index (χ1v) is 6.43. The van der Waals surface area contributed by atoms with Crippen LogP contribution in [0, 0.1) is 0 Å². The number of aliphatic hydroxyl groups excluding tert-OH is 1. The minimum absolute atomic E-state index is 0.134. The molecule has 1 atom stereocenters. The van der Waals surface area contributed by atoms with Crippen LogP contribution in [0.15, 0.2) is 29.2 Å². The quantitative estimate of drug-likeness (QED) is 0.766. The minimum Gasteiger partial charge on any atom is -0.392 e. The van der Waals surface area contributed by atoms with Crippen molar-refractivity contribution in [2.24, 2.45) is 0 Å². The predicted octanol–water partition coefficient (Wildman–Crippen LogP) is 2.02. The fourth-order valence-electron chi connectivity index (χ4n) is 1.79. The molecule has 0 unspecified atom stereocenters. The second-order valence-corrected chi connectivity index (χ2v) is 5.00. The van der Waals surface area contributed by atoms with Gasteiger partial charge in [0, 0.05) is 16.7 Å². The summed E-state index contributed by atoms with van der Waals surface area (Å²) < 4.78 is 0. The smallest absolute Gasteiger partial charge is 0.0681 e. The van der Waals surface area contributed by atoms with Crippen molar-refractivity contribution in [3.05, 3.63) is 29.8 Å². The van der Waals surface area contributed by atoms with Crippen molar-refractivity contribution in [1.82, 2.24) is 5.32 Å². The van der Waals surface area contributed by atoms with Gasteiger partial charge in [0.25, 0.3) is 0 Å². The van der Waals surface area contributed by atoms with Crippen LogP contribution in [0.25, 0.3) is 0 Å². The Morgan fingerprint density at radius 2 is 2.13 bits per heavy atom. The lowest BCUT2D eigenvalue weighted by atomic mass is 10.2. The van der Waals surface area contributed by atoms with Crippen molar-refractivity contribution in [1.29, 1.82) is 0 Å². The average Bonchev–Trinajstić information content (AvgIpc) is 2.80. The van der Waals surface area contributed by atoms with Crippen LogP contribution in [-0.2, 0) is 6.61 Å². The molecule has 2 rings (SSSR count). The zero-order chi connectivity index (χ0) is 10.5. The summed E-state index contributed by atoms with van der Waals surface area (Å²) in [6, 6.07) is 8.85. The number of hydrogen-bond acceptors (Lipinski definition) is 3. The molecule has 0 saturated carbocycles. The second-order valence-electron chi connectivity index (χ2n) is 3.91. The van der Waals surface area contributed by atoms with Gasteiger partial charge in [-0.1, -0.05) is 12.1 Å². The van der Waals surface area contributed by atoms with Gasteiger partial charge in [0.05, 0.1) is 6.61 Å². The molecule has 1 fully saturated rings. The first kappa shape index (κ1) is 11.0. The Morgan fingerprint density at radius 3 is 2.73 bits per heavy atom. The molecule has 0 amide bonds. The van der Waals surface area contributed by atoms with Crippen LogP contribution in [0.5, 0.6) is 0 Å². The number of nitrogens with one attached hydrogen (secondary N) is 1. The fourth-order valence-corrected chi connectivity index (χ4v) is 2.79. The highest BCUT2D eigenvalue weighted by Crippen LogP contribution is 2.21. The molecule has 1 aromatic carbocycles. The van der Waals surface area contributed by atoms with Crippen molar-refractivity contribution in [3.63, 3.8) is 0 Å². The monoisotopic (exact) mass is 223 g/mol. The molecule has 0 radical (unpaired) electrons. The normalized spacial score (nSPS) is 20.7. The zero-order valence-corrected chi connectivity index (χ0v) is 9.59. The Morgan fingerprint density at radius 1 is 1.33 bits per heavy atom. The number of aliphatic hydroxyl groups is 1. The molecule has 0 aromatic heterocycles. The number of rotatable bonds is 4. The lowest BCUT2D eigenvalue weighted by Crippen LogP contribution is -2.23. The van der Waals surface area contributed by atoms with E-state index in [0.29, 0.717) is 6.04 Å². The van der Waals surface area contributed by atoms with E-state index in [9.17, 15) is 0 Å². The number of thioether (sulfide) groups is 1. The first-order chi connectivity index (χ1) is 7.38. The third-order valence-electron chi connectivity index (χ3n) is 2.72. The van der Waals surface area contributed by atoms with Crippen LogP contribution in [0.2, 0.25) is 0 Å². The third kappa shape index (κ3) is 3.23. The van der Waals surface area contributed by atoms with E-state index in [1.165, 1.54) is 24.3 Å². The molecule has 2 nitrogen and oxygen atoms in total. The maximum atomic E-state index is 8.91. The van der Waals surface area contributed by atoms with Gasteiger partial charge in [-0.25, -0.2) is 0 Å². The third-order valence-corrected chi connectivity index (χ3v) is 3.89. The highest BCUT2D eigenvalue weighted by atomic mass is 32.2. The Balaban J connectivity index is 1.82. The number of benzene rings is 1. The summed E-state index contributed by atoms with van der Waals surface area (Å²) >= 11 is 1.89. The van der Waals surface area contributed by atoms with Gasteiger partial charge in [0.15, 0.2) is 0 Å². The minimum atomic E-state index is 0.134. The summed E-state index contributed by atoms with van der Waals surface area (Å²) in [7, 11) is 0. The van der Waals surface area contributed by atoms with Crippen LogP contribution in [0.3, 0.4) is 0 Å². The lowest BCUT2D eigenvalue weighted by molar-refractivity contribution is 0.282. The van der Waals surface area contributed by atoms with Gasteiger partial charge in [-0.2, -0.15) is 0 Å². The van der Waals surface area contributed by atoms with E-state index in [4.69, 9.17) is 5.11 Å². The maximum absolute atomic E-state index is 8.91. The van der Waals surface area contributed by atoms with E-state index < -0.39 is 0 Å². The molecule has 1 aliphatic heterocycles. The van der Waals surface area contributed by atoms with Crippen molar-refractivity contribution in [2.75, 3.05) is 12.3 Å². The summed E-state index contributed by atoms with van der Waals surface area (Å²) in [6.45, 7) is 1.31. The topological polar surface area (TPSA) is 32.3 Å². The molecule has 1 aliphatic rings. The van der Waals surface area contributed by atoms with Crippen molar-refractivity contribution in [3.8, 4) is 0 Å². The van der Waals surface area contributed by atoms with Crippen LogP contribution < -0.4 is 5.32 Å². The largest absolute Gasteiger partial charge is 0.392 e. The molecule has 0 spiro atoms. The summed E-state index contributed by atoms with van der Waals surface area (Å²) in [5, 5.41) is 12.4. The van der Waals surface area contributed by atoms with E-state index >= 15 is 0 Å². The first-order valence-electron chi connectivity index (χ1n) is 5.44. The molecule has 0 bridgehead atoms. The molecule has 3 heteroatoms. The summed E-state index contributed by atoms with van der Waals surface area (Å²) in [4.78, 5) is 1.29. The zero-order valence-electron chi connectivity index (χ0n) is 8.78. The van der Waals surface area contributed by atoms with Crippen LogP contribution >= 0.6 is 11.8 Å². The highest BCUT2D eigenvalue weighted by molar-refractivity contribution is 7.99. The number of hydrogen-bond donors (Lipinski definition) is 2. The van der Waals surface area contributed by atoms with Crippen molar-refractivity contribution < 1.29 is 5.11 Å². The second kappa shape index (κ2) is 5.54. The van der Waals surface area contributed by atoms with Crippen LogP contribution in [0.4, 0.5) is 0 Å². The van der Waals surface area contributed by atoms with E-state index in [2.05, 4.69) is 17.4 Å². The molecule has 2 N–H and O–H groups in total. The van der Waals surface area contributed by atoms with E-state index in [1.807, 2.05) is 23.9 Å². The Kier molecular flexibility index (Phi) is 4.06. The van der Waals surface area contributed by atoms with E-state index in [-0.39, 0.29) is 6.61 Å². The fraction of sp³-hybridized carbons (Fsp3) is 0.500. The molecule has 1 heterocycles. The predicted molar refractivity (Wildman–Crippen MR) is 64.1 cm³/mol. The molecule has 15 heavy (non-hydrogen) atoms. The molecule has 0 aliphatic carbocycles. The lowest BCUT2D eigenvalue weighted by Gasteiger charge is -2.09. The summed E-state index contributed by atoms with van der Waals surface area (Å²) in [5.41, 5.74) is 0.985. The van der Waals surface area contributed by atoms with Crippen molar-refractivity contribution >= 4 is 11.8 Å². The average molecular weight is 223 g/mol. The van der Waals surface area contributed by atoms with Gasteiger partial charge in [-0.3, -0.25) is 0 Å². The SMILES string of the molecule is OCc1ccc(SC[C@@H]2CCCN2)cc1. The van der Waals surface area contributed by atoms with Gasteiger partial charge in [0.2, 0.25) is 0 Å². The standard InChI is InChI=1S/C12H17NOS/c14-8-10-3-5-12(6-4-10)15-9-11-2-1-7-13-11/h3-6,11,13-14H,1-2,7-9H2/t11-/m0/s1. The van der Waals surface area contributed by atoms with Gasteiger partial charge in [-0.05, 0) is 37.1 Å². The highest BCUT2D eigenvalue weighted by Gasteiger charge is 2.13. The van der Waals surface area contributed by atoms with Gasteiger partial charge >= 0.3 is 0 Å². The van der Waals surface area contributed by atoms with E-state index in [1.54, 1.807) is 0 Å². The van der Waals surface area contributed by atoms with E-state index in [0.717, 1.165) is 11.3 Å². The van der Waals surface area contributed by atoms with Gasteiger partial charge in [-0.15, -0.1) is 11.8 Å². The Hall–Kier alpha value is -0.510. The molecule has 1 saturated heterocycles. The molecular weight excluding hydrogens is 206 g/mol. The molecule has 82 valence electrons. The molecule has 1 aromatic rings. The Bertz CT molecular complexity index is 293. The molecular formula is C12H17NOS. The Labute approximate surface area is 95.1 Å². The van der Waals surface area contributed by atoms with Crippen LogP contribution in [-0.4, -0.2) is 23.4 Å². The van der Waals surface area contributed by atoms with Gasteiger partial charge in [0.1, 0.15) is 0 Å². The van der Waals surface area contributed by atoms with Crippen molar-refractivity contribution in [2.45, 2.75) is 30.4 Å². The van der Waals surface area contributed by atoms with Gasteiger partial charge < -0.3 is 10.4 Å². The summed E-state index contributed by atoms with van der Waals surface area (Å²) in [5.74, 6) is 1.15.